The fourth-order valence-electron chi connectivity index (χ4n) is 2.31. The minimum atomic E-state index is 0.0857. The Labute approximate surface area is 110 Å². The van der Waals surface area contributed by atoms with Crippen molar-refractivity contribution >= 4 is 23.2 Å². The first-order valence-electron chi connectivity index (χ1n) is 5.64. The third kappa shape index (κ3) is 2.86. The predicted molar refractivity (Wildman–Crippen MR) is 69.0 cm³/mol. The molecule has 1 aliphatic heterocycles. The van der Waals surface area contributed by atoms with Crippen molar-refractivity contribution in [2.24, 2.45) is 0 Å². The molecular formula is C12H15Cl2NO2. The topological polar surface area (TPSA) is 52.5 Å². The fraction of sp³-hybridized carbons (Fsp3) is 0.500. The molecule has 1 aromatic carbocycles. The van der Waals surface area contributed by atoms with Crippen LogP contribution in [-0.4, -0.2) is 29.4 Å². The summed E-state index contributed by atoms with van der Waals surface area (Å²) in [4.78, 5) is 0. The van der Waals surface area contributed by atoms with E-state index in [1.807, 2.05) is 0 Å². The Kier molecular flexibility index (Phi) is 4.15. The van der Waals surface area contributed by atoms with E-state index >= 15 is 0 Å². The number of benzene rings is 1. The summed E-state index contributed by atoms with van der Waals surface area (Å²) in [6.07, 6.45) is 1.71. The van der Waals surface area contributed by atoms with E-state index in [9.17, 15) is 5.11 Å². The molecule has 2 rings (SSSR count). The summed E-state index contributed by atoms with van der Waals surface area (Å²) in [5.74, 6) is 0.395. The smallest absolute Gasteiger partial charge is 0.120 e. The molecule has 1 saturated heterocycles. The van der Waals surface area contributed by atoms with Gasteiger partial charge in [0, 0.05) is 12.1 Å². The van der Waals surface area contributed by atoms with Crippen molar-refractivity contribution in [3.63, 3.8) is 0 Å². The molecule has 0 saturated carbocycles. The molecule has 1 aromatic rings. The van der Waals surface area contributed by atoms with Gasteiger partial charge in [0.2, 0.25) is 0 Å². The van der Waals surface area contributed by atoms with E-state index in [-0.39, 0.29) is 24.3 Å². The second kappa shape index (κ2) is 5.44. The van der Waals surface area contributed by atoms with E-state index in [4.69, 9.17) is 28.3 Å². The van der Waals surface area contributed by atoms with Gasteiger partial charge < -0.3 is 15.5 Å². The average Bonchev–Trinajstić information content (AvgIpc) is 2.34. The summed E-state index contributed by atoms with van der Waals surface area (Å²) in [6.45, 7) is 0.939. The summed E-state index contributed by atoms with van der Waals surface area (Å²) < 4.78 is 0. The van der Waals surface area contributed by atoms with E-state index in [1.54, 1.807) is 6.07 Å². The molecule has 3 N–H and O–H groups in total. The zero-order chi connectivity index (χ0) is 12.4. The number of aromatic hydroxyl groups is 1. The van der Waals surface area contributed by atoms with Gasteiger partial charge in [-0.05, 0) is 36.9 Å². The van der Waals surface area contributed by atoms with Gasteiger partial charge in [0.1, 0.15) is 5.75 Å². The molecule has 17 heavy (non-hydrogen) atoms. The standard InChI is InChI=1S/C12H15Cl2NO2/c13-10-4-9(12(17)5-11(10)14)7-1-2-15-8(3-7)6-16/h4-5,7-8,15-17H,1-3,6H2/t7-,8-/m1/s1. The van der Waals surface area contributed by atoms with Crippen molar-refractivity contribution in [3.05, 3.63) is 27.7 Å². The Hall–Kier alpha value is -0.480. The van der Waals surface area contributed by atoms with Crippen LogP contribution in [0, 0.1) is 0 Å². The molecule has 0 spiro atoms. The van der Waals surface area contributed by atoms with Crippen molar-refractivity contribution in [2.75, 3.05) is 13.2 Å². The number of halogens is 2. The molecule has 0 radical (unpaired) electrons. The van der Waals surface area contributed by atoms with E-state index in [2.05, 4.69) is 5.32 Å². The second-order valence-electron chi connectivity index (χ2n) is 4.38. The number of rotatable bonds is 2. The highest BCUT2D eigenvalue weighted by atomic mass is 35.5. The summed E-state index contributed by atoms with van der Waals surface area (Å²) in [7, 11) is 0. The average molecular weight is 276 g/mol. The lowest BCUT2D eigenvalue weighted by molar-refractivity contribution is 0.209. The molecule has 1 fully saturated rings. The zero-order valence-electron chi connectivity index (χ0n) is 9.29. The largest absolute Gasteiger partial charge is 0.508 e. The van der Waals surface area contributed by atoms with E-state index < -0.39 is 0 Å². The highest BCUT2D eigenvalue weighted by molar-refractivity contribution is 6.42. The van der Waals surface area contributed by atoms with Gasteiger partial charge in [-0.25, -0.2) is 0 Å². The Bertz CT molecular complexity index is 412. The molecule has 0 unspecified atom stereocenters. The van der Waals surface area contributed by atoms with Crippen molar-refractivity contribution < 1.29 is 10.2 Å². The Morgan fingerprint density at radius 2 is 2.00 bits per heavy atom. The van der Waals surface area contributed by atoms with Gasteiger partial charge >= 0.3 is 0 Å². The lowest BCUT2D eigenvalue weighted by Gasteiger charge is -2.30. The molecule has 0 aliphatic carbocycles. The van der Waals surface area contributed by atoms with Crippen molar-refractivity contribution in [1.82, 2.24) is 5.32 Å². The quantitative estimate of drug-likeness (QED) is 0.778. The first kappa shape index (κ1) is 13.0. The summed E-state index contributed by atoms with van der Waals surface area (Å²) in [5, 5.41) is 23.1. The molecule has 3 nitrogen and oxygen atoms in total. The first-order chi connectivity index (χ1) is 8.11. The first-order valence-corrected chi connectivity index (χ1v) is 6.39. The van der Waals surface area contributed by atoms with Crippen LogP contribution >= 0.6 is 23.2 Å². The van der Waals surface area contributed by atoms with Crippen LogP contribution in [0.1, 0.15) is 24.3 Å². The van der Waals surface area contributed by atoms with Gasteiger partial charge in [0.05, 0.1) is 16.7 Å². The molecular weight excluding hydrogens is 261 g/mol. The summed E-state index contributed by atoms with van der Waals surface area (Å²) >= 11 is 11.8. The van der Waals surface area contributed by atoms with Crippen LogP contribution in [0.25, 0.3) is 0 Å². The monoisotopic (exact) mass is 275 g/mol. The third-order valence-corrected chi connectivity index (χ3v) is 3.95. The molecule has 94 valence electrons. The minimum absolute atomic E-state index is 0.0857. The van der Waals surface area contributed by atoms with Gasteiger partial charge in [-0.1, -0.05) is 23.2 Å². The number of hydrogen-bond acceptors (Lipinski definition) is 3. The number of phenolic OH excluding ortho intramolecular Hbond substituents is 1. The number of nitrogens with one attached hydrogen (secondary N) is 1. The Morgan fingerprint density at radius 3 is 2.71 bits per heavy atom. The Balaban J connectivity index is 2.24. The lowest BCUT2D eigenvalue weighted by atomic mass is 9.86. The third-order valence-electron chi connectivity index (χ3n) is 3.22. The highest BCUT2D eigenvalue weighted by Gasteiger charge is 2.24. The number of piperidine rings is 1. The highest BCUT2D eigenvalue weighted by Crippen LogP contribution is 2.38. The van der Waals surface area contributed by atoms with Crippen LogP contribution in [-0.2, 0) is 0 Å². The second-order valence-corrected chi connectivity index (χ2v) is 5.19. The molecule has 1 heterocycles. The molecule has 5 heteroatoms. The van der Waals surface area contributed by atoms with Crippen LogP contribution < -0.4 is 5.32 Å². The lowest BCUT2D eigenvalue weighted by Crippen LogP contribution is -2.39. The van der Waals surface area contributed by atoms with Gasteiger partial charge in [-0.15, -0.1) is 0 Å². The SMILES string of the molecule is OC[C@H]1C[C@H](c2cc(Cl)c(Cl)cc2O)CCN1. The Morgan fingerprint density at radius 1 is 1.29 bits per heavy atom. The normalized spacial score (nSPS) is 24.9. The molecule has 0 aromatic heterocycles. The number of aliphatic hydroxyl groups is 1. The number of phenols is 1. The minimum Gasteiger partial charge on any atom is -0.508 e. The van der Waals surface area contributed by atoms with Crippen LogP contribution in [0.4, 0.5) is 0 Å². The van der Waals surface area contributed by atoms with Gasteiger partial charge in [0.15, 0.2) is 0 Å². The molecule has 2 atom stereocenters. The van der Waals surface area contributed by atoms with Crippen LogP contribution in [0.2, 0.25) is 10.0 Å². The van der Waals surface area contributed by atoms with E-state index in [0.717, 1.165) is 24.9 Å². The molecule has 0 amide bonds. The van der Waals surface area contributed by atoms with E-state index in [1.165, 1.54) is 6.07 Å². The summed E-state index contributed by atoms with van der Waals surface area (Å²) in [5.41, 5.74) is 0.819. The fourth-order valence-corrected chi connectivity index (χ4v) is 2.64. The maximum atomic E-state index is 9.90. The maximum Gasteiger partial charge on any atom is 0.120 e. The number of aliphatic hydroxyl groups excluding tert-OH is 1. The summed E-state index contributed by atoms with van der Waals surface area (Å²) in [6, 6.07) is 3.29. The maximum absolute atomic E-state index is 9.90. The van der Waals surface area contributed by atoms with Crippen LogP contribution in [0.15, 0.2) is 12.1 Å². The van der Waals surface area contributed by atoms with Crippen molar-refractivity contribution in [1.29, 1.82) is 0 Å². The van der Waals surface area contributed by atoms with Crippen molar-refractivity contribution in [2.45, 2.75) is 24.8 Å². The number of hydrogen-bond donors (Lipinski definition) is 3. The van der Waals surface area contributed by atoms with Gasteiger partial charge in [-0.2, -0.15) is 0 Å². The van der Waals surface area contributed by atoms with Crippen LogP contribution in [0.5, 0.6) is 5.75 Å². The zero-order valence-corrected chi connectivity index (χ0v) is 10.8. The molecule has 1 aliphatic rings. The molecule has 0 bridgehead atoms. The van der Waals surface area contributed by atoms with Gasteiger partial charge in [-0.3, -0.25) is 0 Å². The van der Waals surface area contributed by atoms with Crippen LogP contribution in [0.3, 0.4) is 0 Å². The van der Waals surface area contributed by atoms with E-state index in [0.29, 0.717) is 10.0 Å². The predicted octanol–water partition coefficient (Wildman–Crippen LogP) is 2.53. The van der Waals surface area contributed by atoms with Gasteiger partial charge in [0.25, 0.3) is 0 Å². The van der Waals surface area contributed by atoms with Crippen molar-refractivity contribution in [3.8, 4) is 5.75 Å².